The van der Waals surface area contributed by atoms with Crippen LogP contribution in [0.5, 0.6) is 5.75 Å². The minimum atomic E-state index is -0.395. The second-order valence-electron chi connectivity index (χ2n) is 6.07. The van der Waals surface area contributed by atoms with Crippen LogP contribution < -0.4 is 21.1 Å². The van der Waals surface area contributed by atoms with Gasteiger partial charge in [-0.25, -0.2) is 4.98 Å². The molecule has 3 aromatic rings. The monoisotopic (exact) mass is 362 g/mol. The van der Waals surface area contributed by atoms with Crippen molar-refractivity contribution in [1.82, 2.24) is 4.98 Å². The average Bonchev–Trinajstić information content (AvgIpc) is 2.68. The third kappa shape index (κ3) is 5.22. The van der Waals surface area contributed by atoms with Crippen molar-refractivity contribution < 1.29 is 9.53 Å². The molecule has 6 nitrogen and oxygen atoms in total. The van der Waals surface area contributed by atoms with E-state index in [1.165, 1.54) is 0 Å². The highest BCUT2D eigenvalue weighted by molar-refractivity contribution is 5.79. The standard InChI is InChI=1S/C21H22N4O2/c1-27-18-9-5-8-17(11-18)25-21-12-19(16(14-24-21)10-20(22)26)23-13-15-6-3-2-4-7-15/h2-9,11-12,14H,10,13H2,1H3,(H2,22,26)(H2,23,24,25). The van der Waals surface area contributed by atoms with E-state index in [4.69, 9.17) is 10.5 Å². The van der Waals surface area contributed by atoms with E-state index in [0.29, 0.717) is 12.4 Å². The van der Waals surface area contributed by atoms with Gasteiger partial charge in [0.15, 0.2) is 0 Å². The molecule has 0 atom stereocenters. The van der Waals surface area contributed by atoms with Crippen molar-refractivity contribution in [2.75, 3.05) is 17.7 Å². The van der Waals surface area contributed by atoms with E-state index in [9.17, 15) is 4.79 Å². The number of nitrogens with zero attached hydrogens (tertiary/aromatic N) is 1. The van der Waals surface area contributed by atoms with Gasteiger partial charge < -0.3 is 21.1 Å². The molecule has 3 rings (SSSR count). The number of methoxy groups -OCH3 is 1. The summed E-state index contributed by atoms with van der Waals surface area (Å²) in [7, 11) is 1.63. The summed E-state index contributed by atoms with van der Waals surface area (Å²) in [6, 6.07) is 19.5. The molecule has 0 saturated heterocycles. The van der Waals surface area contributed by atoms with Crippen molar-refractivity contribution in [3.63, 3.8) is 0 Å². The van der Waals surface area contributed by atoms with Crippen LogP contribution >= 0.6 is 0 Å². The molecule has 27 heavy (non-hydrogen) atoms. The highest BCUT2D eigenvalue weighted by atomic mass is 16.5. The first kappa shape index (κ1) is 18.3. The SMILES string of the molecule is COc1cccc(Nc2cc(NCc3ccccc3)c(CC(N)=O)cn2)c1. The van der Waals surface area contributed by atoms with Crippen LogP contribution in [0, 0.1) is 0 Å². The summed E-state index contributed by atoms with van der Waals surface area (Å²) >= 11 is 0. The topological polar surface area (TPSA) is 89.3 Å². The fraction of sp³-hybridized carbons (Fsp3) is 0.143. The number of aromatic nitrogens is 1. The maximum absolute atomic E-state index is 11.4. The molecule has 0 aliphatic carbocycles. The molecule has 1 aromatic heterocycles. The lowest BCUT2D eigenvalue weighted by Gasteiger charge is -2.14. The molecule has 0 radical (unpaired) electrons. The summed E-state index contributed by atoms with van der Waals surface area (Å²) in [5.74, 6) is 1.02. The molecule has 0 aliphatic heterocycles. The number of pyridine rings is 1. The lowest BCUT2D eigenvalue weighted by atomic mass is 10.1. The maximum Gasteiger partial charge on any atom is 0.221 e. The smallest absolute Gasteiger partial charge is 0.221 e. The van der Waals surface area contributed by atoms with Gasteiger partial charge in [0.25, 0.3) is 0 Å². The summed E-state index contributed by atoms with van der Waals surface area (Å²) in [6.07, 6.45) is 1.80. The van der Waals surface area contributed by atoms with Crippen molar-refractivity contribution in [2.45, 2.75) is 13.0 Å². The Kier molecular flexibility index (Phi) is 5.89. The molecule has 0 fully saturated rings. The Hall–Kier alpha value is -3.54. The number of nitrogens with one attached hydrogen (secondary N) is 2. The molecule has 2 aromatic carbocycles. The van der Waals surface area contributed by atoms with E-state index in [1.807, 2.05) is 60.7 Å². The Bertz CT molecular complexity index is 913. The van der Waals surface area contributed by atoms with Crippen LogP contribution in [-0.2, 0) is 17.8 Å². The number of amides is 1. The lowest BCUT2D eigenvalue weighted by Crippen LogP contribution is -2.15. The van der Waals surface area contributed by atoms with Crippen LogP contribution in [0.3, 0.4) is 0 Å². The van der Waals surface area contributed by atoms with Crippen LogP contribution in [-0.4, -0.2) is 18.0 Å². The zero-order valence-corrected chi connectivity index (χ0v) is 15.1. The molecule has 1 amide bonds. The van der Waals surface area contributed by atoms with Gasteiger partial charge in [-0.1, -0.05) is 36.4 Å². The van der Waals surface area contributed by atoms with Crippen molar-refractivity contribution in [2.24, 2.45) is 5.73 Å². The third-order valence-electron chi connectivity index (χ3n) is 4.02. The second-order valence-corrected chi connectivity index (χ2v) is 6.07. The fourth-order valence-corrected chi connectivity index (χ4v) is 2.69. The fourth-order valence-electron chi connectivity index (χ4n) is 2.69. The molecule has 0 unspecified atom stereocenters. The highest BCUT2D eigenvalue weighted by Gasteiger charge is 2.09. The second kappa shape index (κ2) is 8.71. The Morgan fingerprint density at radius 2 is 1.93 bits per heavy atom. The van der Waals surface area contributed by atoms with Crippen molar-refractivity contribution >= 4 is 23.1 Å². The van der Waals surface area contributed by atoms with E-state index in [2.05, 4.69) is 15.6 Å². The van der Waals surface area contributed by atoms with Gasteiger partial charge in [0.1, 0.15) is 11.6 Å². The number of hydrogen-bond acceptors (Lipinski definition) is 5. The third-order valence-corrected chi connectivity index (χ3v) is 4.02. The molecular weight excluding hydrogens is 340 g/mol. The molecule has 138 valence electrons. The Morgan fingerprint density at radius 1 is 1.11 bits per heavy atom. The molecule has 0 aliphatic rings. The van der Waals surface area contributed by atoms with Crippen molar-refractivity contribution in [1.29, 1.82) is 0 Å². The van der Waals surface area contributed by atoms with Gasteiger partial charge >= 0.3 is 0 Å². The summed E-state index contributed by atoms with van der Waals surface area (Å²) in [5, 5.41) is 6.62. The van der Waals surface area contributed by atoms with Crippen LogP contribution in [0.2, 0.25) is 0 Å². The molecule has 0 bridgehead atoms. The minimum absolute atomic E-state index is 0.129. The number of rotatable bonds is 8. The van der Waals surface area contributed by atoms with Gasteiger partial charge in [-0.05, 0) is 17.7 Å². The van der Waals surface area contributed by atoms with E-state index in [0.717, 1.165) is 28.3 Å². The summed E-state index contributed by atoms with van der Waals surface area (Å²) < 4.78 is 5.24. The van der Waals surface area contributed by atoms with Gasteiger partial charge in [-0.3, -0.25) is 4.79 Å². The molecule has 0 spiro atoms. The van der Waals surface area contributed by atoms with Crippen molar-refractivity contribution in [3.05, 3.63) is 78.0 Å². The number of carbonyl (C=O) groups excluding carboxylic acids is 1. The largest absolute Gasteiger partial charge is 0.497 e. The molecular formula is C21H22N4O2. The molecule has 4 N–H and O–H groups in total. The van der Waals surface area contributed by atoms with E-state index in [1.54, 1.807) is 13.3 Å². The first-order chi connectivity index (χ1) is 13.1. The normalized spacial score (nSPS) is 10.3. The zero-order valence-electron chi connectivity index (χ0n) is 15.1. The molecule has 6 heteroatoms. The first-order valence-corrected chi connectivity index (χ1v) is 8.60. The van der Waals surface area contributed by atoms with Crippen LogP contribution in [0.15, 0.2) is 66.9 Å². The van der Waals surface area contributed by atoms with E-state index in [-0.39, 0.29) is 6.42 Å². The number of ether oxygens (including phenoxy) is 1. The van der Waals surface area contributed by atoms with Gasteiger partial charge in [-0.15, -0.1) is 0 Å². The highest BCUT2D eigenvalue weighted by Crippen LogP contribution is 2.24. The predicted octanol–water partition coefficient (Wildman–Crippen LogP) is 3.47. The van der Waals surface area contributed by atoms with Gasteiger partial charge in [0.2, 0.25) is 5.91 Å². The number of hydrogen-bond donors (Lipinski definition) is 3. The van der Waals surface area contributed by atoms with Crippen LogP contribution in [0.4, 0.5) is 17.2 Å². The zero-order chi connectivity index (χ0) is 19.1. The van der Waals surface area contributed by atoms with Gasteiger partial charge in [0, 0.05) is 41.8 Å². The summed E-state index contributed by atoms with van der Waals surface area (Å²) in [4.78, 5) is 15.8. The Labute approximate surface area is 158 Å². The number of anilines is 3. The number of benzene rings is 2. The average molecular weight is 362 g/mol. The number of primary amides is 1. The van der Waals surface area contributed by atoms with Gasteiger partial charge in [0.05, 0.1) is 13.5 Å². The molecule has 1 heterocycles. The number of carbonyl (C=O) groups is 1. The van der Waals surface area contributed by atoms with Crippen LogP contribution in [0.1, 0.15) is 11.1 Å². The predicted molar refractivity (Wildman–Crippen MR) is 107 cm³/mol. The van der Waals surface area contributed by atoms with E-state index >= 15 is 0 Å². The van der Waals surface area contributed by atoms with Crippen LogP contribution in [0.25, 0.3) is 0 Å². The maximum atomic E-state index is 11.4. The Morgan fingerprint density at radius 3 is 2.67 bits per heavy atom. The van der Waals surface area contributed by atoms with Crippen molar-refractivity contribution in [3.8, 4) is 5.75 Å². The first-order valence-electron chi connectivity index (χ1n) is 8.60. The summed E-state index contributed by atoms with van der Waals surface area (Å²) in [5.41, 5.74) is 8.95. The minimum Gasteiger partial charge on any atom is -0.497 e. The molecule has 0 saturated carbocycles. The van der Waals surface area contributed by atoms with E-state index < -0.39 is 5.91 Å². The Balaban J connectivity index is 1.81. The quantitative estimate of drug-likeness (QED) is 0.571. The lowest BCUT2D eigenvalue weighted by molar-refractivity contribution is -0.117. The summed E-state index contributed by atoms with van der Waals surface area (Å²) in [6.45, 7) is 0.634. The van der Waals surface area contributed by atoms with Gasteiger partial charge in [-0.2, -0.15) is 0 Å². The number of nitrogens with two attached hydrogens (primary N) is 1.